The third-order valence-electron chi connectivity index (χ3n) is 3.61. The molecule has 1 aliphatic carbocycles. The third kappa shape index (κ3) is 3.46. The number of hydrogen-bond donors (Lipinski definition) is 2. The van der Waals surface area contributed by atoms with Gasteiger partial charge in [0.25, 0.3) is 0 Å². The second-order valence-corrected chi connectivity index (χ2v) is 4.90. The lowest BCUT2D eigenvalue weighted by Gasteiger charge is -2.30. The molecular formula is C12H24N2O2. The Kier molecular flexibility index (Phi) is 5.22. The number of nitrogens with one attached hydrogen (secondary N) is 1. The van der Waals surface area contributed by atoms with Gasteiger partial charge in [-0.2, -0.15) is 0 Å². The zero-order valence-electron chi connectivity index (χ0n) is 10.4. The number of ether oxygens (including phenoxy) is 1. The summed E-state index contributed by atoms with van der Waals surface area (Å²) in [7, 11) is 1.66. The van der Waals surface area contributed by atoms with E-state index in [1.54, 1.807) is 7.11 Å². The summed E-state index contributed by atoms with van der Waals surface area (Å²) in [5.74, 6) is 0.489. The first kappa shape index (κ1) is 13.5. The smallest absolute Gasteiger partial charge is 0.237 e. The third-order valence-corrected chi connectivity index (χ3v) is 3.61. The molecule has 0 aromatic rings. The van der Waals surface area contributed by atoms with E-state index in [1.165, 1.54) is 6.42 Å². The lowest BCUT2D eigenvalue weighted by atomic mass is 9.89. The summed E-state index contributed by atoms with van der Waals surface area (Å²) in [6, 6.07) is 0. The van der Waals surface area contributed by atoms with Crippen LogP contribution in [0.15, 0.2) is 0 Å². The molecule has 4 nitrogen and oxygen atoms in total. The molecule has 2 unspecified atom stereocenters. The van der Waals surface area contributed by atoms with Crippen LogP contribution in [0.1, 0.15) is 39.0 Å². The minimum absolute atomic E-state index is 0.210. The monoisotopic (exact) mass is 228 g/mol. The normalized spacial score (nSPS) is 31.0. The van der Waals surface area contributed by atoms with Gasteiger partial charge in [0.1, 0.15) is 0 Å². The van der Waals surface area contributed by atoms with Crippen LogP contribution in [0.25, 0.3) is 0 Å². The molecule has 0 aliphatic heterocycles. The quantitative estimate of drug-likeness (QED) is 0.546. The topological polar surface area (TPSA) is 64.3 Å². The number of rotatable bonds is 5. The Balaban J connectivity index is 2.60. The summed E-state index contributed by atoms with van der Waals surface area (Å²) in [6.45, 7) is 3.55. The first-order chi connectivity index (χ1) is 7.60. The van der Waals surface area contributed by atoms with Gasteiger partial charge in [-0.05, 0) is 25.2 Å². The van der Waals surface area contributed by atoms with Gasteiger partial charge in [0.05, 0.1) is 12.1 Å². The maximum absolute atomic E-state index is 11.6. The highest BCUT2D eigenvalue weighted by Crippen LogP contribution is 2.30. The van der Waals surface area contributed by atoms with Crippen LogP contribution >= 0.6 is 0 Å². The Hall–Kier alpha value is -0.610. The molecule has 1 aliphatic rings. The number of primary amides is 1. The number of amides is 1. The van der Waals surface area contributed by atoms with Crippen molar-refractivity contribution >= 4 is 5.91 Å². The standard InChI is InChI=1S/C12H24N2O2/c1-10-4-3-6-12(7-5-10,11(13)15)14-8-9-16-2/h10,14H,3-9H2,1-2H3,(H2,13,15). The average Bonchev–Trinajstić information content (AvgIpc) is 2.42. The van der Waals surface area contributed by atoms with Crippen LogP contribution in [0, 0.1) is 5.92 Å². The predicted molar refractivity (Wildman–Crippen MR) is 64.1 cm³/mol. The molecule has 0 radical (unpaired) electrons. The maximum atomic E-state index is 11.6. The zero-order valence-corrected chi connectivity index (χ0v) is 10.4. The summed E-state index contributed by atoms with van der Waals surface area (Å²) >= 11 is 0. The molecule has 3 N–H and O–H groups in total. The molecule has 1 fully saturated rings. The molecule has 2 atom stereocenters. The molecule has 0 heterocycles. The van der Waals surface area contributed by atoms with Gasteiger partial charge in [0.2, 0.25) is 5.91 Å². The Bertz CT molecular complexity index is 233. The molecule has 0 aromatic carbocycles. The Morgan fingerprint density at radius 1 is 1.50 bits per heavy atom. The molecule has 4 heteroatoms. The summed E-state index contributed by atoms with van der Waals surface area (Å²) in [5.41, 5.74) is 5.06. The van der Waals surface area contributed by atoms with Crippen molar-refractivity contribution < 1.29 is 9.53 Å². The van der Waals surface area contributed by atoms with Crippen molar-refractivity contribution in [1.82, 2.24) is 5.32 Å². The van der Waals surface area contributed by atoms with Crippen LogP contribution in [0.2, 0.25) is 0 Å². The maximum Gasteiger partial charge on any atom is 0.237 e. The second kappa shape index (κ2) is 6.21. The van der Waals surface area contributed by atoms with Gasteiger partial charge >= 0.3 is 0 Å². The van der Waals surface area contributed by atoms with E-state index < -0.39 is 5.54 Å². The van der Waals surface area contributed by atoms with Crippen molar-refractivity contribution in [2.24, 2.45) is 11.7 Å². The summed E-state index contributed by atoms with van der Waals surface area (Å²) in [6.07, 6.45) is 5.05. The highest BCUT2D eigenvalue weighted by molar-refractivity contribution is 5.84. The molecule has 0 bridgehead atoms. The first-order valence-corrected chi connectivity index (χ1v) is 6.14. The highest BCUT2D eigenvalue weighted by atomic mass is 16.5. The average molecular weight is 228 g/mol. The van der Waals surface area contributed by atoms with E-state index in [-0.39, 0.29) is 5.91 Å². The number of nitrogens with two attached hydrogens (primary N) is 1. The van der Waals surface area contributed by atoms with E-state index in [0.717, 1.165) is 25.7 Å². The SMILES string of the molecule is COCCNC1(C(N)=O)CCCC(C)CC1. The lowest BCUT2D eigenvalue weighted by molar-refractivity contribution is -0.125. The summed E-state index contributed by atoms with van der Waals surface area (Å²) in [5, 5.41) is 3.30. The van der Waals surface area contributed by atoms with Crippen molar-refractivity contribution in [3.63, 3.8) is 0 Å². The number of carbonyl (C=O) groups is 1. The fraction of sp³-hybridized carbons (Fsp3) is 0.917. The number of methoxy groups -OCH3 is 1. The Labute approximate surface area is 97.9 Å². The molecule has 16 heavy (non-hydrogen) atoms. The van der Waals surface area contributed by atoms with Gasteiger partial charge < -0.3 is 15.8 Å². The number of carbonyl (C=O) groups excluding carboxylic acids is 1. The van der Waals surface area contributed by atoms with Gasteiger partial charge in [-0.25, -0.2) is 0 Å². The molecule has 0 spiro atoms. The van der Waals surface area contributed by atoms with E-state index in [0.29, 0.717) is 19.1 Å². The van der Waals surface area contributed by atoms with E-state index >= 15 is 0 Å². The molecule has 1 amide bonds. The van der Waals surface area contributed by atoms with Gasteiger partial charge in [0.15, 0.2) is 0 Å². The van der Waals surface area contributed by atoms with Crippen molar-refractivity contribution in [2.75, 3.05) is 20.3 Å². The molecule has 0 saturated heterocycles. The number of hydrogen-bond acceptors (Lipinski definition) is 3. The van der Waals surface area contributed by atoms with Crippen LogP contribution in [-0.4, -0.2) is 31.7 Å². The highest BCUT2D eigenvalue weighted by Gasteiger charge is 2.37. The van der Waals surface area contributed by atoms with Crippen molar-refractivity contribution in [3.8, 4) is 0 Å². The van der Waals surface area contributed by atoms with E-state index in [1.807, 2.05) is 0 Å². The molecular weight excluding hydrogens is 204 g/mol. The van der Waals surface area contributed by atoms with Crippen molar-refractivity contribution in [2.45, 2.75) is 44.6 Å². The van der Waals surface area contributed by atoms with E-state index in [4.69, 9.17) is 10.5 Å². The Morgan fingerprint density at radius 3 is 2.88 bits per heavy atom. The van der Waals surface area contributed by atoms with Crippen molar-refractivity contribution in [3.05, 3.63) is 0 Å². The molecule has 1 saturated carbocycles. The van der Waals surface area contributed by atoms with E-state index in [2.05, 4.69) is 12.2 Å². The zero-order chi connectivity index (χ0) is 12.0. The molecule has 0 aromatic heterocycles. The molecule has 1 rings (SSSR count). The van der Waals surface area contributed by atoms with Crippen molar-refractivity contribution in [1.29, 1.82) is 0 Å². The van der Waals surface area contributed by atoms with Crippen LogP contribution in [0.4, 0.5) is 0 Å². The largest absolute Gasteiger partial charge is 0.383 e. The Morgan fingerprint density at radius 2 is 2.25 bits per heavy atom. The second-order valence-electron chi connectivity index (χ2n) is 4.90. The van der Waals surface area contributed by atoms with Crippen LogP contribution in [-0.2, 0) is 9.53 Å². The van der Waals surface area contributed by atoms with Crippen LogP contribution in [0.5, 0.6) is 0 Å². The summed E-state index contributed by atoms with van der Waals surface area (Å²) in [4.78, 5) is 11.6. The van der Waals surface area contributed by atoms with E-state index in [9.17, 15) is 4.79 Å². The van der Waals surface area contributed by atoms with Crippen LogP contribution in [0.3, 0.4) is 0 Å². The van der Waals surface area contributed by atoms with Gasteiger partial charge in [0, 0.05) is 13.7 Å². The van der Waals surface area contributed by atoms with Gasteiger partial charge in [-0.1, -0.05) is 19.8 Å². The fourth-order valence-corrected chi connectivity index (χ4v) is 2.42. The summed E-state index contributed by atoms with van der Waals surface area (Å²) < 4.78 is 5.00. The minimum Gasteiger partial charge on any atom is -0.383 e. The lowest BCUT2D eigenvalue weighted by Crippen LogP contribution is -2.56. The predicted octanol–water partition coefficient (Wildman–Crippen LogP) is 1.05. The molecule has 94 valence electrons. The van der Waals surface area contributed by atoms with Crippen LogP contribution < -0.4 is 11.1 Å². The van der Waals surface area contributed by atoms with Gasteiger partial charge in [-0.3, -0.25) is 4.79 Å². The minimum atomic E-state index is -0.497. The first-order valence-electron chi connectivity index (χ1n) is 6.14. The fourth-order valence-electron chi connectivity index (χ4n) is 2.42. The van der Waals surface area contributed by atoms with Gasteiger partial charge in [-0.15, -0.1) is 0 Å².